The Labute approximate surface area is 113 Å². The molecule has 1 aromatic carbocycles. The largest absolute Gasteiger partial charge is 0.462 e. The Hall–Kier alpha value is -1.91. The van der Waals surface area contributed by atoms with Crippen molar-refractivity contribution in [2.24, 2.45) is 5.18 Å². The molecule has 0 aliphatic rings. The molecule has 1 N–H and O–H groups in total. The van der Waals surface area contributed by atoms with E-state index in [9.17, 15) is 9.70 Å². The maximum absolute atomic E-state index is 11.6. The molecular weight excluding hydrogens is 244 g/mol. The first-order chi connectivity index (χ1) is 9.15. The molecule has 0 atom stereocenters. The molecule has 0 unspecified atom stereocenters. The number of nitroso groups, excluding NO2 is 1. The van der Waals surface area contributed by atoms with Gasteiger partial charge in [-0.25, -0.2) is 4.79 Å². The van der Waals surface area contributed by atoms with Gasteiger partial charge in [-0.15, -0.1) is 4.91 Å². The highest BCUT2D eigenvalue weighted by molar-refractivity contribution is 5.91. The number of rotatable bonds is 7. The lowest BCUT2D eigenvalue weighted by atomic mass is 10.1. The van der Waals surface area contributed by atoms with Gasteiger partial charge in [0.1, 0.15) is 5.69 Å². The lowest BCUT2D eigenvalue weighted by molar-refractivity contribution is 0.0526. The van der Waals surface area contributed by atoms with Gasteiger partial charge >= 0.3 is 5.97 Å². The molecule has 0 saturated heterocycles. The molecule has 0 fully saturated rings. The highest BCUT2D eigenvalue weighted by Crippen LogP contribution is 2.27. The van der Waals surface area contributed by atoms with Crippen molar-refractivity contribution in [3.8, 4) is 0 Å². The van der Waals surface area contributed by atoms with Crippen LogP contribution in [0.5, 0.6) is 0 Å². The first-order valence-corrected chi connectivity index (χ1v) is 6.57. The maximum atomic E-state index is 11.6. The van der Waals surface area contributed by atoms with Gasteiger partial charge in [0.05, 0.1) is 17.9 Å². The van der Waals surface area contributed by atoms with Gasteiger partial charge in [0, 0.05) is 6.04 Å². The average molecular weight is 264 g/mol. The molecule has 0 amide bonds. The fourth-order valence-corrected chi connectivity index (χ4v) is 1.78. The summed E-state index contributed by atoms with van der Waals surface area (Å²) in [5.41, 5.74) is 1.22. The first-order valence-electron chi connectivity index (χ1n) is 6.57. The molecule has 104 valence electrons. The summed E-state index contributed by atoms with van der Waals surface area (Å²) in [6.45, 7) is 6.18. The Morgan fingerprint density at radius 2 is 2.00 bits per heavy atom. The van der Waals surface area contributed by atoms with Crippen LogP contribution < -0.4 is 5.32 Å². The molecule has 0 saturated carbocycles. The molecule has 5 heteroatoms. The van der Waals surface area contributed by atoms with E-state index in [1.165, 1.54) is 6.07 Å². The summed E-state index contributed by atoms with van der Waals surface area (Å²) in [7, 11) is 0. The third-order valence-corrected chi connectivity index (χ3v) is 2.95. The third-order valence-electron chi connectivity index (χ3n) is 2.95. The molecule has 0 radical (unpaired) electrons. The second-order valence-corrected chi connectivity index (χ2v) is 4.20. The van der Waals surface area contributed by atoms with E-state index in [1.807, 2.05) is 0 Å². The molecule has 0 spiro atoms. The van der Waals surface area contributed by atoms with Crippen LogP contribution in [0.3, 0.4) is 0 Å². The van der Waals surface area contributed by atoms with Gasteiger partial charge in [0.25, 0.3) is 0 Å². The number of carbonyl (C=O) groups is 1. The Kier molecular flexibility index (Phi) is 5.99. The van der Waals surface area contributed by atoms with Crippen molar-refractivity contribution in [3.63, 3.8) is 0 Å². The van der Waals surface area contributed by atoms with E-state index in [0.29, 0.717) is 17.9 Å². The van der Waals surface area contributed by atoms with Crippen LogP contribution in [0.4, 0.5) is 11.4 Å². The number of nitrogens with one attached hydrogen (secondary N) is 1. The predicted molar refractivity (Wildman–Crippen MR) is 75.8 cm³/mol. The average Bonchev–Trinajstić information content (AvgIpc) is 2.44. The zero-order chi connectivity index (χ0) is 14.3. The number of esters is 1. The fourth-order valence-electron chi connectivity index (χ4n) is 1.78. The van der Waals surface area contributed by atoms with Gasteiger partial charge < -0.3 is 10.1 Å². The maximum Gasteiger partial charge on any atom is 0.338 e. The minimum Gasteiger partial charge on any atom is -0.462 e. The van der Waals surface area contributed by atoms with Crippen molar-refractivity contribution in [2.75, 3.05) is 11.9 Å². The Morgan fingerprint density at radius 1 is 1.32 bits per heavy atom. The third kappa shape index (κ3) is 4.05. The van der Waals surface area contributed by atoms with Crippen molar-refractivity contribution in [1.82, 2.24) is 0 Å². The SMILES string of the molecule is CCOC(=O)c1ccc(NC(CC)CC)c(N=O)c1. The van der Waals surface area contributed by atoms with Gasteiger partial charge in [-0.3, -0.25) is 0 Å². The Bertz CT molecular complexity index is 442. The summed E-state index contributed by atoms with van der Waals surface area (Å²) >= 11 is 0. The van der Waals surface area contributed by atoms with Gasteiger partial charge in [0.15, 0.2) is 0 Å². The highest BCUT2D eigenvalue weighted by atomic mass is 16.5. The van der Waals surface area contributed by atoms with E-state index in [2.05, 4.69) is 24.3 Å². The lowest BCUT2D eigenvalue weighted by Gasteiger charge is -2.17. The summed E-state index contributed by atoms with van der Waals surface area (Å²) in [5, 5.41) is 6.23. The minimum atomic E-state index is -0.443. The number of benzene rings is 1. The molecule has 1 aromatic rings. The van der Waals surface area contributed by atoms with E-state index < -0.39 is 5.97 Å². The topological polar surface area (TPSA) is 67.8 Å². The second kappa shape index (κ2) is 7.51. The minimum absolute atomic E-state index is 0.234. The number of anilines is 1. The van der Waals surface area contributed by atoms with E-state index in [1.54, 1.807) is 19.1 Å². The van der Waals surface area contributed by atoms with Crippen LogP contribution in [0.1, 0.15) is 44.0 Å². The smallest absolute Gasteiger partial charge is 0.338 e. The quantitative estimate of drug-likeness (QED) is 0.599. The molecule has 0 heterocycles. The molecule has 19 heavy (non-hydrogen) atoms. The van der Waals surface area contributed by atoms with Crippen molar-refractivity contribution in [2.45, 2.75) is 39.7 Å². The number of hydrogen-bond acceptors (Lipinski definition) is 5. The monoisotopic (exact) mass is 264 g/mol. The predicted octanol–water partition coefficient (Wildman–Crippen LogP) is 3.86. The standard InChI is InChI=1S/C14H20N2O3/c1-4-11(5-2)15-12-8-7-10(9-13(12)16-18)14(17)19-6-3/h7-9,11,15H,4-6H2,1-3H3. The summed E-state index contributed by atoms with van der Waals surface area (Å²) in [6, 6.07) is 5.07. The van der Waals surface area contributed by atoms with Crippen LogP contribution in [-0.2, 0) is 4.74 Å². The highest BCUT2D eigenvalue weighted by Gasteiger charge is 2.12. The number of carbonyl (C=O) groups excluding carboxylic acids is 1. The fraction of sp³-hybridized carbons (Fsp3) is 0.500. The van der Waals surface area contributed by atoms with Crippen molar-refractivity contribution < 1.29 is 9.53 Å². The van der Waals surface area contributed by atoms with Gasteiger partial charge in [-0.2, -0.15) is 0 Å². The molecule has 0 bridgehead atoms. The zero-order valence-corrected chi connectivity index (χ0v) is 11.6. The molecule has 0 aliphatic carbocycles. The molecule has 1 rings (SSSR count). The molecular formula is C14H20N2O3. The van der Waals surface area contributed by atoms with Crippen LogP contribution in [0.25, 0.3) is 0 Å². The van der Waals surface area contributed by atoms with Gasteiger partial charge in [0.2, 0.25) is 0 Å². The summed E-state index contributed by atoms with van der Waals surface area (Å²) in [5.74, 6) is -0.443. The van der Waals surface area contributed by atoms with E-state index >= 15 is 0 Å². The number of ether oxygens (including phenoxy) is 1. The van der Waals surface area contributed by atoms with Crippen LogP contribution in [-0.4, -0.2) is 18.6 Å². The van der Waals surface area contributed by atoms with Gasteiger partial charge in [-0.1, -0.05) is 13.8 Å². The summed E-state index contributed by atoms with van der Waals surface area (Å²) < 4.78 is 4.89. The van der Waals surface area contributed by atoms with Crippen LogP contribution in [0.15, 0.2) is 23.4 Å². The Balaban J connectivity index is 2.96. The van der Waals surface area contributed by atoms with Crippen molar-refractivity contribution >= 4 is 17.3 Å². The van der Waals surface area contributed by atoms with E-state index in [0.717, 1.165) is 12.8 Å². The first kappa shape index (κ1) is 15.1. The normalized spacial score (nSPS) is 10.3. The molecule has 0 aliphatic heterocycles. The Morgan fingerprint density at radius 3 is 2.53 bits per heavy atom. The number of hydrogen-bond donors (Lipinski definition) is 1. The zero-order valence-electron chi connectivity index (χ0n) is 11.6. The van der Waals surface area contributed by atoms with Crippen LogP contribution in [0, 0.1) is 4.91 Å². The van der Waals surface area contributed by atoms with Crippen LogP contribution in [0.2, 0.25) is 0 Å². The summed E-state index contributed by atoms with van der Waals surface area (Å²) in [6.07, 6.45) is 1.91. The lowest BCUT2D eigenvalue weighted by Crippen LogP contribution is -2.17. The van der Waals surface area contributed by atoms with Gasteiger partial charge in [-0.05, 0) is 43.1 Å². The van der Waals surface area contributed by atoms with E-state index in [-0.39, 0.29) is 11.7 Å². The second-order valence-electron chi connectivity index (χ2n) is 4.20. The van der Waals surface area contributed by atoms with Crippen LogP contribution >= 0.6 is 0 Å². The van der Waals surface area contributed by atoms with E-state index in [4.69, 9.17) is 4.74 Å². The van der Waals surface area contributed by atoms with Crippen molar-refractivity contribution in [1.29, 1.82) is 0 Å². The molecule has 5 nitrogen and oxygen atoms in total. The summed E-state index contributed by atoms with van der Waals surface area (Å²) in [4.78, 5) is 22.4. The number of nitrogens with zero attached hydrogens (tertiary/aromatic N) is 1. The van der Waals surface area contributed by atoms with Crippen molar-refractivity contribution in [3.05, 3.63) is 28.7 Å². The molecule has 0 aromatic heterocycles.